The molecule has 3 aromatic rings. The van der Waals surface area contributed by atoms with E-state index in [0.29, 0.717) is 16.8 Å². The smallest absolute Gasteiger partial charge is 0.308 e. The van der Waals surface area contributed by atoms with E-state index in [1.54, 1.807) is 56.3 Å². The van der Waals surface area contributed by atoms with Crippen molar-refractivity contribution < 1.29 is 28.7 Å². The molecule has 1 heterocycles. The number of hydrogen-bond acceptors (Lipinski definition) is 6. The largest absolute Gasteiger partial charge is 0.427 e. The summed E-state index contributed by atoms with van der Waals surface area (Å²) in [6, 6.07) is 17.4. The lowest BCUT2D eigenvalue weighted by atomic mass is 10.1. The number of esters is 1. The highest BCUT2D eigenvalue weighted by atomic mass is 16.5. The molecule has 4 amide bonds. The SMILES string of the molecule is CC(=O)Oc1cccc(C(=O)Nc2ccccc2CNC(=O)c2ccc3c(c2)C(=O)N(C(C)C)C3=O)c1. The molecular formula is C28H25N3O6. The van der Waals surface area contributed by atoms with E-state index in [4.69, 9.17) is 4.74 Å². The van der Waals surface area contributed by atoms with Gasteiger partial charge in [0.05, 0.1) is 11.1 Å². The van der Waals surface area contributed by atoms with Crippen molar-refractivity contribution in [3.8, 4) is 5.75 Å². The second-order valence-electron chi connectivity index (χ2n) is 8.75. The molecule has 0 unspecified atom stereocenters. The molecule has 0 atom stereocenters. The van der Waals surface area contributed by atoms with Crippen molar-refractivity contribution in [2.24, 2.45) is 0 Å². The zero-order valence-corrected chi connectivity index (χ0v) is 20.5. The Hall–Kier alpha value is -4.79. The lowest BCUT2D eigenvalue weighted by Crippen LogP contribution is -2.35. The molecule has 1 aliphatic rings. The van der Waals surface area contributed by atoms with Gasteiger partial charge in [0.15, 0.2) is 0 Å². The van der Waals surface area contributed by atoms with E-state index in [9.17, 15) is 24.0 Å². The van der Waals surface area contributed by atoms with Gasteiger partial charge >= 0.3 is 5.97 Å². The van der Waals surface area contributed by atoms with Crippen LogP contribution in [-0.2, 0) is 11.3 Å². The third-order valence-corrected chi connectivity index (χ3v) is 5.76. The molecule has 0 saturated heterocycles. The van der Waals surface area contributed by atoms with Gasteiger partial charge in [0, 0.05) is 36.3 Å². The summed E-state index contributed by atoms with van der Waals surface area (Å²) in [5, 5.41) is 5.61. The Morgan fingerprint density at radius 2 is 1.54 bits per heavy atom. The molecule has 0 fully saturated rings. The van der Waals surface area contributed by atoms with Crippen molar-refractivity contribution in [1.82, 2.24) is 10.2 Å². The Balaban J connectivity index is 1.46. The number of imide groups is 1. The number of para-hydroxylation sites is 1. The zero-order chi connectivity index (χ0) is 26.7. The number of benzene rings is 3. The van der Waals surface area contributed by atoms with Crippen molar-refractivity contribution in [1.29, 1.82) is 0 Å². The maximum absolute atomic E-state index is 12.9. The minimum Gasteiger partial charge on any atom is -0.427 e. The second kappa shape index (κ2) is 10.4. The van der Waals surface area contributed by atoms with Crippen LogP contribution in [0.3, 0.4) is 0 Å². The van der Waals surface area contributed by atoms with Crippen molar-refractivity contribution in [2.75, 3.05) is 5.32 Å². The van der Waals surface area contributed by atoms with Gasteiger partial charge in [0.1, 0.15) is 5.75 Å². The van der Waals surface area contributed by atoms with E-state index in [1.165, 1.54) is 36.1 Å². The summed E-state index contributed by atoms with van der Waals surface area (Å²) in [6.45, 7) is 4.88. The molecule has 2 N–H and O–H groups in total. The van der Waals surface area contributed by atoms with Crippen LogP contribution in [0.1, 0.15) is 67.8 Å². The number of amides is 4. The first-order valence-electron chi connectivity index (χ1n) is 11.6. The Morgan fingerprint density at radius 1 is 0.838 bits per heavy atom. The van der Waals surface area contributed by atoms with Crippen molar-refractivity contribution in [3.05, 3.63) is 94.5 Å². The summed E-state index contributed by atoms with van der Waals surface area (Å²) in [7, 11) is 0. The first kappa shape index (κ1) is 25.3. The quantitative estimate of drug-likeness (QED) is 0.290. The highest BCUT2D eigenvalue weighted by molar-refractivity contribution is 6.22. The van der Waals surface area contributed by atoms with Gasteiger partial charge in [-0.25, -0.2) is 0 Å². The summed E-state index contributed by atoms with van der Waals surface area (Å²) in [6.07, 6.45) is 0. The number of nitrogens with zero attached hydrogens (tertiary/aromatic N) is 1. The highest BCUT2D eigenvalue weighted by Crippen LogP contribution is 2.26. The fourth-order valence-electron chi connectivity index (χ4n) is 4.00. The molecule has 9 heteroatoms. The third-order valence-electron chi connectivity index (χ3n) is 5.76. The predicted molar refractivity (Wildman–Crippen MR) is 135 cm³/mol. The molecule has 0 bridgehead atoms. The number of anilines is 1. The second-order valence-corrected chi connectivity index (χ2v) is 8.75. The number of fused-ring (bicyclic) bond motifs is 1. The minimum absolute atomic E-state index is 0.102. The molecule has 188 valence electrons. The molecule has 0 radical (unpaired) electrons. The van der Waals surface area contributed by atoms with E-state index in [1.807, 2.05) is 0 Å². The van der Waals surface area contributed by atoms with Gasteiger partial charge < -0.3 is 15.4 Å². The van der Waals surface area contributed by atoms with E-state index in [0.717, 1.165) is 0 Å². The molecular weight excluding hydrogens is 474 g/mol. The number of rotatable bonds is 7. The number of carbonyl (C=O) groups is 5. The average molecular weight is 500 g/mol. The van der Waals surface area contributed by atoms with Crippen LogP contribution in [0.25, 0.3) is 0 Å². The normalized spacial score (nSPS) is 12.4. The van der Waals surface area contributed by atoms with E-state index in [2.05, 4.69) is 10.6 Å². The van der Waals surface area contributed by atoms with Crippen LogP contribution in [0.2, 0.25) is 0 Å². The molecule has 0 spiro atoms. The molecule has 0 aromatic heterocycles. The van der Waals surface area contributed by atoms with Crippen molar-refractivity contribution in [3.63, 3.8) is 0 Å². The standard InChI is InChI=1S/C28H25N3O6/c1-16(2)31-27(35)22-12-11-19(14-23(22)28(31)36)25(33)29-15-20-7-4-5-10-24(20)30-26(34)18-8-6-9-21(13-18)37-17(3)32/h4-14,16H,15H2,1-3H3,(H,29,33)(H,30,34). The van der Waals surface area contributed by atoms with Crippen LogP contribution in [0.15, 0.2) is 66.7 Å². The molecule has 37 heavy (non-hydrogen) atoms. The maximum Gasteiger partial charge on any atom is 0.308 e. The van der Waals surface area contributed by atoms with Gasteiger partial charge in [0.2, 0.25) is 0 Å². The maximum atomic E-state index is 12.9. The lowest BCUT2D eigenvalue weighted by Gasteiger charge is -2.17. The van der Waals surface area contributed by atoms with Crippen LogP contribution in [0.4, 0.5) is 5.69 Å². The van der Waals surface area contributed by atoms with Gasteiger partial charge in [0.25, 0.3) is 23.6 Å². The first-order valence-corrected chi connectivity index (χ1v) is 11.6. The van der Waals surface area contributed by atoms with E-state index >= 15 is 0 Å². The van der Waals surface area contributed by atoms with Crippen LogP contribution in [-0.4, -0.2) is 40.5 Å². The fourth-order valence-corrected chi connectivity index (χ4v) is 4.00. The van der Waals surface area contributed by atoms with E-state index in [-0.39, 0.29) is 40.9 Å². The van der Waals surface area contributed by atoms with Crippen LogP contribution in [0, 0.1) is 0 Å². The Bertz CT molecular complexity index is 1430. The monoisotopic (exact) mass is 499 g/mol. The number of carbonyl (C=O) groups excluding carboxylic acids is 5. The Labute approximate surface area is 213 Å². The summed E-state index contributed by atoms with van der Waals surface area (Å²) in [5.41, 5.74) is 2.17. The van der Waals surface area contributed by atoms with Crippen molar-refractivity contribution >= 4 is 35.3 Å². The zero-order valence-electron chi connectivity index (χ0n) is 20.5. The summed E-state index contributed by atoms with van der Waals surface area (Å²) < 4.78 is 5.03. The number of ether oxygens (including phenoxy) is 1. The first-order chi connectivity index (χ1) is 17.7. The molecule has 9 nitrogen and oxygen atoms in total. The highest BCUT2D eigenvalue weighted by Gasteiger charge is 2.37. The third kappa shape index (κ3) is 5.40. The van der Waals surface area contributed by atoms with E-state index < -0.39 is 23.7 Å². The van der Waals surface area contributed by atoms with Crippen LogP contribution >= 0.6 is 0 Å². The number of nitrogens with one attached hydrogen (secondary N) is 2. The van der Waals surface area contributed by atoms with Crippen LogP contribution < -0.4 is 15.4 Å². The van der Waals surface area contributed by atoms with Crippen molar-refractivity contribution in [2.45, 2.75) is 33.4 Å². The fraction of sp³-hybridized carbons (Fsp3) is 0.179. The molecule has 4 rings (SSSR count). The average Bonchev–Trinajstić information content (AvgIpc) is 3.12. The Kier molecular flexibility index (Phi) is 7.15. The van der Waals surface area contributed by atoms with Crippen LogP contribution in [0.5, 0.6) is 5.75 Å². The number of hydrogen-bond donors (Lipinski definition) is 2. The summed E-state index contributed by atoms with van der Waals surface area (Å²) in [5.74, 6) is -1.87. The molecule has 0 aliphatic carbocycles. The van der Waals surface area contributed by atoms with Gasteiger partial charge in [-0.15, -0.1) is 0 Å². The van der Waals surface area contributed by atoms with Gasteiger partial charge in [-0.3, -0.25) is 28.9 Å². The summed E-state index contributed by atoms with van der Waals surface area (Å²) in [4.78, 5) is 63.2. The Morgan fingerprint density at radius 3 is 2.27 bits per heavy atom. The minimum atomic E-state index is -0.491. The molecule has 0 saturated carbocycles. The lowest BCUT2D eigenvalue weighted by molar-refractivity contribution is -0.131. The van der Waals surface area contributed by atoms with Gasteiger partial charge in [-0.2, -0.15) is 0 Å². The summed E-state index contributed by atoms with van der Waals surface area (Å²) >= 11 is 0. The predicted octanol–water partition coefficient (Wildman–Crippen LogP) is 3.80. The van der Waals surface area contributed by atoms with Gasteiger partial charge in [-0.1, -0.05) is 24.3 Å². The topological polar surface area (TPSA) is 122 Å². The molecule has 3 aromatic carbocycles. The molecule has 1 aliphatic heterocycles. The van der Waals surface area contributed by atoms with Gasteiger partial charge in [-0.05, 0) is 61.9 Å².